The number of amides is 2. The maximum atomic E-state index is 13.4. The highest BCUT2D eigenvalue weighted by molar-refractivity contribution is 5.93. The summed E-state index contributed by atoms with van der Waals surface area (Å²) < 4.78 is 11.6. The lowest BCUT2D eigenvalue weighted by Gasteiger charge is -2.27. The largest absolute Gasteiger partial charge is 0.361 e. The molecule has 0 aromatic carbocycles. The Morgan fingerprint density at radius 3 is 3.03 bits per heavy atom. The maximum Gasteiger partial charge on any atom is 0.230 e. The molecule has 4 aliphatic rings. The van der Waals surface area contributed by atoms with Crippen molar-refractivity contribution >= 4 is 11.8 Å². The molecular weight excluding hydrogens is 396 g/mol. The van der Waals surface area contributed by atoms with Crippen molar-refractivity contribution in [3.05, 3.63) is 59.8 Å². The minimum atomic E-state index is -0.710. The Morgan fingerprint density at radius 1 is 1.39 bits per heavy atom. The van der Waals surface area contributed by atoms with Gasteiger partial charge in [-0.3, -0.25) is 14.6 Å². The Labute approximate surface area is 179 Å². The van der Waals surface area contributed by atoms with E-state index in [1.54, 1.807) is 29.2 Å². The van der Waals surface area contributed by atoms with Crippen molar-refractivity contribution < 1.29 is 18.8 Å². The van der Waals surface area contributed by atoms with Crippen molar-refractivity contribution in [3.63, 3.8) is 0 Å². The van der Waals surface area contributed by atoms with Crippen LogP contribution in [0.2, 0.25) is 0 Å². The maximum absolute atomic E-state index is 13.4. The summed E-state index contributed by atoms with van der Waals surface area (Å²) in [5.74, 6) is 0.254. The van der Waals surface area contributed by atoms with Crippen LogP contribution in [0.4, 0.5) is 0 Å². The second-order valence-electron chi connectivity index (χ2n) is 9.14. The van der Waals surface area contributed by atoms with Crippen molar-refractivity contribution in [1.82, 2.24) is 19.9 Å². The van der Waals surface area contributed by atoms with Crippen LogP contribution >= 0.6 is 0 Å². The van der Waals surface area contributed by atoms with Crippen molar-refractivity contribution in [2.45, 2.75) is 43.6 Å². The third kappa shape index (κ3) is 3.00. The van der Waals surface area contributed by atoms with E-state index in [1.165, 1.54) is 0 Å². The standard InChI is InChI=1S/C23H24N4O4/c1-26(12-16-9-18(31-25-16)15-4-5-15)21(28)19-17-6-7-23(30-17)13-27(22(29)20(19)23)11-14-3-2-8-24-10-14/h2-3,6-10,15,17,19-20H,4-5,11-13H2,1H3/t17-,19?,20?,23-/m1/s1. The summed E-state index contributed by atoms with van der Waals surface area (Å²) >= 11 is 0. The first-order chi connectivity index (χ1) is 15.0. The predicted molar refractivity (Wildman–Crippen MR) is 108 cm³/mol. The first-order valence-electron chi connectivity index (χ1n) is 10.8. The summed E-state index contributed by atoms with van der Waals surface area (Å²) in [4.78, 5) is 34.3. The monoisotopic (exact) mass is 420 g/mol. The van der Waals surface area contributed by atoms with E-state index in [1.807, 2.05) is 30.4 Å². The van der Waals surface area contributed by atoms with Crippen LogP contribution in [0.3, 0.4) is 0 Å². The van der Waals surface area contributed by atoms with Crippen molar-refractivity contribution in [2.75, 3.05) is 13.6 Å². The fourth-order valence-corrected chi connectivity index (χ4v) is 5.24. The zero-order chi connectivity index (χ0) is 21.2. The smallest absolute Gasteiger partial charge is 0.230 e. The third-order valence-corrected chi connectivity index (χ3v) is 6.89. The van der Waals surface area contributed by atoms with Gasteiger partial charge in [0.2, 0.25) is 11.8 Å². The average Bonchev–Trinajstić information content (AvgIpc) is 3.13. The molecule has 1 aliphatic carbocycles. The van der Waals surface area contributed by atoms with Crippen LogP contribution in [-0.2, 0) is 27.4 Å². The number of ether oxygens (including phenoxy) is 1. The van der Waals surface area contributed by atoms with E-state index in [0.29, 0.717) is 25.6 Å². The highest BCUT2D eigenvalue weighted by atomic mass is 16.5. The van der Waals surface area contributed by atoms with E-state index in [2.05, 4.69) is 10.1 Å². The first-order valence-corrected chi connectivity index (χ1v) is 10.8. The molecule has 2 aromatic rings. The fourth-order valence-electron chi connectivity index (χ4n) is 5.24. The van der Waals surface area contributed by atoms with E-state index in [4.69, 9.17) is 9.26 Å². The van der Waals surface area contributed by atoms with E-state index in [-0.39, 0.29) is 17.9 Å². The van der Waals surface area contributed by atoms with Gasteiger partial charge in [0.15, 0.2) is 0 Å². The van der Waals surface area contributed by atoms with Gasteiger partial charge in [0.05, 0.1) is 31.0 Å². The molecule has 5 heterocycles. The SMILES string of the molecule is CN(Cc1cc(C2CC2)on1)C(=O)C1C2C(=O)N(Cc3cccnc3)C[C@]23C=C[C@H]1O3. The van der Waals surface area contributed by atoms with Gasteiger partial charge in [0, 0.05) is 38.0 Å². The molecule has 2 amide bonds. The highest BCUT2D eigenvalue weighted by Crippen LogP contribution is 2.52. The van der Waals surface area contributed by atoms with Gasteiger partial charge < -0.3 is 19.1 Å². The second-order valence-corrected chi connectivity index (χ2v) is 9.14. The molecular formula is C23H24N4O4. The Hall–Kier alpha value is -3.00. The van der Waals surface area contributed by atoms with Gasteiger partial charge in [-0.15, -0.1) is 0 Å². The van der Waals surface area contributed by atoms with Crippen LogP contribution in [0.1, 0.15) is 35.8 Å². The molecule has 2 bridgehead atoms. The molecule has 3 aliphatic heterocycles. The number of carbonyl (C=O) groups excluding carboxylic acids is 2. The Kier molecular flexibility index (Phi) is 4.08. The number of likely N-dealkylation sites (tertiary alicyclic amines) is 1. The molecule has 8 nitrogen and oxygen atoms in total. The molecule has 31 heavy (non-hydrogen) atoms. The zero-order valence-electron chi connectivity index (χ0n) is 17.3. The van der Waals surface area contributed by atoms with Crippen molar-refractivity contribution in [2.24, 2.45) is 11.8 Å². The molecule has 0 N–H and O–H groups in total. The van der Waals surface area contributed by atoms with Crippen molar-refractivity contribution in [3.8, 4) is 0 Å². The lowest BCUT2D eigenvalue weighted by atomic mass is 9.76. The van der Waals surface area contributed by atoms with Crippen LogP contribution in [0, 0.1) is 11.8 Å². The molecule has 1 spiro atoms. The van der Waals surface area contributed by atoms with Crippen LogP contribution in [0.15, 0.2) is 47.3 Å². The number of nitrogens with zero attached hydrogens (tertiary/aromatic N) is 4. The van der Waals surface area contributed by atoms with Crippen LogP contribution in [0.5, 0.6) is 0 Å². The zero-order valence-corrected chi connectivity index (χ0v) is 17.3. The Balaban J connectivity index is 1.20. The first kappa shape index (κ1) is 18.7. The molecule has 0 radical (unpaired) electrons. The number of pyridine rings is 1. The van der Waals surface area contributed by atoms with E-state index in [9.17, 15) is 9.59 Å². The van der Waals surface area contributed by atoms with Gasteiger partial charge in [0.1, 0.15) is 17.1 Å². The minimum absolute atomic E-state index is 0.0279. The van der Waals surface area contributed by atoms with Gasteiger partial charge in [-0.1, -0.05) is 23.4 Å². The quantitative estimate of drug-likeness (QED) is 0.663. The van der Waals surface area contributed by atoms with Gasteiger partial charge in [-0.2, -0.15) is 0 Å². The molecule has 160 valence electrons. The second kappa shape index (κ2) is 6.75. The van der Waals surface area contributed by atoms with Crippen LogP contribution in [0.25, 0.3) is 0 Å². The molecule has 2 saturated heterocycles. The molecule has 8 heteroatoms. The summed E-state index contributed by atoms with van der Waals surface area (Å²) in [5.41, 5.74) is 0.990. The number of hydrogen-bond donors (Lipinski definition) is 0. The lowest BCUT2D eigenvalue weighted by molar-refractivity contribution is -0.143. The van der Waals surface area contributed by atoms with Crippen LogP contribution in [-0.4, -0.2) is 57.1 Å². The number of carbonyl (C=O) groups is 2. The van der Waals surface area contributed by atoms with Crippen molar-refractivity contribution in [1.29, 1.82) is 0 Å². The van der Waals surface area contributed by atoms with E-state index in [0.717, 1.165) is 29.9 Å². The van der Waals surface area contributed by atoms with E-state index >= 15 is 0 Å². The third-order valence-electron chi connectivity index (χ3n) is 6.89. The normalized spacial score (nSPS) is 30.8. The summed E-state index contributed by atoms with van der Waals surface area (Å²) in [6, 6.07) is 5.75. The average molecular weight is 420 g/mol. The molecule has 3 fully saturated rings. The minimum Gasteiger partial charge on any atom is -0.361 e. The van der Waals surface area contributed by atoms with Crippen LogP contribution < -0.4 is 0 Å². The molecule has 4 atom stereocenters. The Morgan fingerprint density at radius 2 is 2.26 bits per heavy atom. The molecule has 2 unspecified atom stereocenters. The summed E-state index contributed by atoms with van der Waals surface area (Å²) in [6.45, 7) is 1.28. The molecule has 2 aromatic heterocycles. The van der Waals surface area contributed by atoms with Gasteiger partial charge in [-0.25, -0.2) is 0 Å². The molecule has 6 rings (SSSR count). The highest BCUT2D eigenvalue weighted by Gasteiger charge is 2.67. The topological polar surface area (TPSA) is 88.8 Å². The summed E-state index contributed by atoms with van der Waals surface area (Å²) in [7, 11) is 1.75. The predicted octanol–water partition coefficient (Wildman–Crippen LogP) is 1.89. The van der Waals surface area contributed by atoms with Gasteiger partial charge in [-0.05, 0) is 24.5 Å². The molecule has 1 saturated carbocycles. The van der Waals surface area contributed by atoms with Gasteiger partial charge >= 0.3 is 0 Å². The number of rotatable bonds is 6. The van der Waals surface area contributed by atoms with E-state index < -0.39 is 17.4 Å². The van der Waals surface area contributed by atoms with Gasteiger partial charge in [0.25, 0.3) is 0 Å². The number of fused-ring (bicyclic) bond motifs is 1. The Bertz CT molecular complexity index is 1060. The summed E-state index contributed by atoms with van der Waals surface area (Å²) in [6.07, 6.45) is 9.31. The number of hydrogen-bond acceptors (Lipinski definition) is 6. The fraction of sp³-hybridized carbons (Fsp3) is 0.478. The summed E-state index contributed by atoms with van der Waals surface area (Å²) in [5, 5.41) is 4.12. The number of aromatic nitrogens is 2. The lowest BCUT2D eigenvalue weighted by Crippen LogP contribution is -2.44.